The maximum atomic E-state index is 4.60. The summed E-state index contributed by atoms with van der Waals surface area (Å²) in [5.74, 6) is 1.27. The van der Waals surface area contributed by atoms with Crippen LogP contribution in [0.15, 0.2) is 18.3 Å². The summed E-state index contributed by atoms with van der Waals surface area (Å²) in [6.07, 6.45) is 4.09. The zero-order valence-electron chi connectivity index (χ0n) is 11.1. The molecule has 0 radical (unpaired) electrons. The van der Waals surface area contributed by atoms with Crippen LogP contribution in [-0.4, -0.2) is 14.6 Å². The molecule has 0 spiro atoms. The van der Waals surface area contributed by atoms with Gasteiger partial charge in [0.25, 0.3) is 0 Å². The molecule has 0 aliphatic carbocycles. The first-order valence-corrected chi connectivity index (χ1v) is 6.38. The molecule has 0 unspecified atom stereocenters. The van der Waals surface area contributed by atoms with E-state index in [0.29, 0.717) is 11.8 Å². The van der Waals surface area contributed by atoms with E-state index in [1.54, 1.807) is 0 Å². The summed E-state index contributed by atoms with van der Waals surface area (Å²) in [5, 5.41) is 4.60. The second kappa shape index (κ2) is 4.86. The van der Waals surface area contributed by atoms with Gasteiger partial charge in [0.2, 0.25) is 0 Å². The molecular weight excluding hydrogens is 210 g/mol. The van der Waals surface area contributed by atoms with E-state index >= 15 is 0 Å². The minimum atomic E-state index is 0.634. The summed E-state index contributed by atoms with van der Waals surface area (Å²) >= 11 is 0. The first-order chi connectivity index (χ1) is 8.04. The molecule has 0 saturated carbocycles. The minimum Gasteiger partial charge on any atom is -0.232 e. The van der Waals surface area contributed by atoms with Crippen LogP contribution < -0.4 is 0 Å². The van der Waals surface area contributed by atoms with Crippen LogP contribution in [0.3, 0.4) is 0 Å². The number of nitrogens with zero attached hydrogens (tertiary/aromatic N) is 3. The first-order valence-electron chi connectivity index (χ1n) is 6.38. The largest absolute Gasteiger partial charge is 0.232 e. The van der Waals surface area contributed by atoms with E-state index in [1.165, 1.54) is 0 Å². The van der Waals surface area contributed by atoms with Crippen molar-refractivity contribution in [3.05, 3.63) is 29.7 Å². The third-order valence-electron chi connectivity index (χ3n) is 2.66. The number of hydrogen-bond acceptors (Lipinski definition) is 2. The summed E-state index contributed by atoms with van der Waals surface area (Å²) in [7, 11) is 0. The lowest BCUT2D eigenvalue weighted by Crippen LogP contribution is -2.01. The highest BCUT2D eigenvalue weighted by Crippen LogP contribution is 2.11. The molecule has 2 aromatic rings. The number of aromatic nitrogens is 3. The summed E-state index contributed by atoms with van der Waals surface area (Å²) in [6, 6.07) is 4.15. The van der Waals surface area contributed by atoms with E-state index in [9.17, 15) is 0 Å². The molecule has 0 aliphatic rings. The molecule has 0 aromatic carbocycles. The van der Waals surface area contributed by atoms with Crippen LogP contribution in [0.5, 0.6) is 0 Å². The Balaban J connectivity index is 2.27. The fourth-order valence-corrected chi connectivity index (χ4v) is 2.01. The van der Waals surface area contributed by atoms with Gasteiger partial charge in [0.1, 0.15) is 0 Å². The number of rotatable bonds is 4. The van der Waals surface area contributed by atoms with Gasteiger partial charge in [-0.05, 0) is 36.8 Å². The molecule has 0 amide bonds. The van der Waals surface area contributed by atoms with Gasteiger partial charge in [0.05, 0.1) is 17.6 Å². The van der Waals surface area contributed by atoms with Crippen molar-refractivity contribution >= 4 is 5.65 Å². The molecule has 2 aromatic heterocycles. The summed E-state index contributed by atoms with van der Waals surface area (Å²) in [6.45, 7) is 8.84. The third-order valence-corrected chi connectivity index (χ3v) is 2.66. The van der Waals surface area contributed by atoms with Gasteiger partial charge < -0.3 is 0 Å². The Morgan fingerprint density at radius 2 is 1.65 bits per heavy atom. The zero-order valence-corrected chi connectivity index (χ0v) is 11.1. The molecule has 17 heavy (non-hydrogen) atoms. The van der Waals surface area contributed by atoms with Crippen molar-refractivity contribution in [3.8, 4) is 0 Å². The van der Waals surface area contributed by atoms with Crippen molar-refractivity contribution in [3.63, 3.8) is 0 Å². The fraction of sp³-hybridized carbons (Fsp3) is 0.571. The van der Waals surface area contributed by atoms with Crippen LogP contribution in [0.2, 0.25) is 0 Å². The molecule has 0 N–H and O–H groups in total. The van der Waals surface area contributed by atoms with Crippen LogP contribution in [0.4, 0.5) is 0 Å². The second-order valence-corrected chi connectivity index (χ2v) is 5.56. The van der Waals surface area contributed by atoms with Gasteiger partial charge in [-0.25, -0.2) is 9.50 Å². The predicted molar refractivity (Wildman–Crippen MR) is 70.1 cm³/mol. The van der Waals surface area contributed by atoms with E-state index in [-0.39, 0.29) is 0 Å². The predicted octanol–water partition coefficient (Wildman–Crippen LogP) is 3.13. The average Bonchev–Trinajstić information content (AvgIpc) is 2.56. The second-order valence-electron chi connectivity index (χ2n) is 5.56. The maximum Gasteiger partial charge on any atom is 0.153 e. The van der Waals surface area contributed by atoms with Crippen LogP contribution in [0.1, 0.15) is 39.1 Å². The molecule has 0 bridgehead atoms. The van der Waals surface area contributed by atoms with Crippen molar-refractivity contribution in [2.45, 2.75) is 40.5 Å². The standard InChI is InChI=1S/C14H21N3/c1-10(2)7-12-5-6-14-15-13(8-11(3)4)9-17(14)16-12/h5-6,9-11H,7-8H2,1-4H3. The highest BCUT2D eigenvalue weighted by Gasteiger charge is 2.06. The van der Waals surface area contributed by atoms with Crippen molar-refractivity contribution in [2.75, 3.05) is 0 Å². The lowest BCUT2D eigenvalue weighted by Gasteiger charge is -2.03. The highest BCUT2D eigenvalue weighted by atomic mass is 15.2. The smallest absolute Gasteiger partial charge is 0.153 e. The van der Waals surface area contributed by atoms with Gasteiger partial charge in [-0.3, -0.25) is 0 Å². The summed E-state index contributed by atoms with van der Waals surface area (Å²) in [4.78, 5) is 4.57. The Morgan fingerprint density at radius 3 is 2.29 bits per heavy atom. The van der Waals surface area contributed by atoms with Crippen LogP contribution >= 0.6 is 0 Å². The molecule has 3 heteroatoms. The SMILES string of the molecule is CC(C)Cc1cn2nc(CC(C)C)ccc2n1. The molecule has 0 aliphatic heterocycles. The van der Waals surface area contributed by atoms with Crippen LogP contribution in [0.25, 0.3) is 5.65 Å². The first kappa shape index (κ1) is 12.1. The van der Waals surface area contributed by atoms with Gasteiger partial charge in [0.15, 0.2) is 5.65 Å². The number of hydrogen-bond donors (Lipinski definition) is 0. The Hall–Kier alpha value is -1.38. The van der Waals surface area contributed by atoms with Crippen LogP contribution in [-0.2, 0) is 12.8 Å². The fourth-order valence-electron chi connectivity index (χ4n) is 2.01. The Morgan fingerprint density at radius 1 is 1.00 bits per heavy atom. The molecule has 2 heterocycles. The molecular formula is C14H21N3. The van der Waals surface area contributed by atoms with Gasteiger partial charge in [0, 0.05) is 0 Å². The quantitative estimate of drug-likeness (QED) is 0.809. The molecule has 92 valence electrons. The average molecular weight is 231 g/mol. The van der Waals surface area contributed by atoms with E-state index < -0.39 is 0 Å². The summed E-state index contributed by atoms with van der Waals surface area (Å²) in [5.41, 5.74) is 3.23. The van der Waals surface area contributed by atoms with E-state index in [0.717, 1.165) is 29.9 Å². The molecule has 0 fully saturated rings. The monoisotopic (exact) mass is 231 g/mol. The van der Waals surface area contributed by atoms with Crippen molar-refractivity contribution < 1.29 is 0 Å². The number of fused-ring (bicyclic) bond motifs is 1. The van der Waals surface area contributed by atoms with E-state index in [4.69, 9.17) is 0 Å². The van der Waals surface area contributed by atoms with Crippen molar-refractivity contribution in [1.82, 2.24) is 14.6 Å². The van der Waals surface area contributed by atoms with Gasteiger partial charge >= 0.3 is 0 Å². The Bertz CT molecular complexity index is 489. The lowest BCUT2D eigenvalue weighted by molar-refractivity contribution is 0.623. The lowest BCUT2D eigenvalue weighted by atomic mass is 10.1. The molecule has 2 rings (SSSR count). The normalized spacial score (nSPS) is 11.9. The van der Waals surface area contributed by atoms with E-state index in [2.05, 4.69) is 56.1 Å². The maximum absolute atomic E-state index is 4.60. The van der Waals surface area contributed by atoms with E-state index in [1.807, 2.05) is 4.52 Å². The highest BCUT2D eigenvalue weighted by molar-refractivity contribution is 5.38. The molecule has 0 saturated heterocycles. The van der Waals surface area contributed by atoms with Gasteiger partial charge in [-0.15, -0.1) is 0 Å². The topological polar surface area (TPSA) is 30.2 Å². The molecule has 3 nitrogen and oxygen atoms in total. The summed E-state index contributed by atoms with van der Waals surface area (Å²) < 4.78 is 1.91. The van der Waals surface area contributed by atoms with Gasteiger partial charge in [-0.2, -0.15) is 5.10 Å². The van der Waals surface area contributed by atoms with Crippen molar-refractivity contribution in [2.24, 2.45) is 11.8 Å². The Labute approximate surface area is 103 Å². The molecule has 0 atom stereocenters. The number of imidazole rings is 1. The van der Waals surface area contributed by atoms with Gasteiger partial charge in [-0.1, -0.05) is 27.7 Å². The zero-order chi connectivity index (χ0) is 12.4. The third kappa shape index (κ3) is 3.05. The minimum absolute atomic E-state index is 0.634. The Kier molecular flexibility index (Phi) is 3.46. The van der Waals surface area contributed by atoms with Crippen molar-refractivity contribution in [1.29, 1.82) is 0 Å². The van der Waals surface area contributed by atoms with Crippen LogP contribution in [0, 0.1) is 11.8 Å².